The molecule has 1 aromatic carbocycles. The van der Waals surface area contributed by atoms with Crippen molar-refractivity contribution < 1.29 is 9.53 Å². The fraction of sp³-hybridized carbons (Fsp3) is 0.250. The highest BCUT2D eigenvalue weighted by Crippen LogP contribution is 2.26. The standard InChI is InChI=1S/C16H16BrNO2/c1-10-4-6-13(11(2)18-10)15(19)9-12-5-7-16(20-3)14(17)8-12/h4-8H,9H2,1-3H3. The van der Waals surface area contributed by atoms with E-state index in [-0.39, 0.29) is 5.78 Å². The zero-order chi connectivity index (χ0) is 14.7. The zero-order valence-corrected chi connectivity index (χ0v) is 13.3. The predicted octanol–water partition coefficient (Wildman–Crippen LogP) is 3.89. The van der Waals surface area contributed by atoms with E-state index in [1.54, 1.807) is 7.11 Å². The first kappa shape index (κ1) is 14.7. The van der Waals surface area contributed by atoms with Gasteiger partial charge in [0.05, 0.1) is 11.6 Å². The largest absolute Gasteiger partial charge is 0.496 e. The number of aromatic nitrogens is 1. The minimum absolute atomic E-state index is 0.0760. The van der Waals surface area contributed by atoms with Crippen LogP contribution in [0.1, 0.15) is 27.3 Å². The summed E-state index contributed by atoms with van der Waals surface area (Å²) in [4.78, 5) is 16.7. The van der Waals surface area contributed by atoms with Gasteiger partial charge in [0, 0.05) is 23.4 Å². The summed E-state index contributed by atoms with van der Waals surface area (Å²) in [5, 5.41) is 0. The fourth-order valence-corrected chi connectivity index (χ4v) is 2.67. The summed E-state index contributed by atoms with van der Waals surface area (Å²) >= 11 is 3.43. The van der Waals surface area contributed by atoms with E-state index in [0.717, 1.165) is 27.2 Å². The number of carbonyl (C=O) groups excluding carboxylic acids is 1. The van der Waals surface area contributed by atoms with Crippen LogP contribution >= 0.6 is 15.9 Å². The fourth-order valence-electron chi connectivity index (χ4n) is 2.08. The first-order valence-corrected chi connectivity index (χ1v) is 7.10. The minimum atomic E-state index is 0.0760. The summed E-state index contributed by atoms with van der Waals surface area (Å²) in [5.74, 6) is 0.835. The molecule has 2 aromatic rings. The normalized spacial score (nSPS) is 10.4. The summed E-state index contributed by atoms with van der Waals surface area (Å²) in [7, 11) is 1.62. The lowest BCUT2D eigenvalue weighted by Crippen LogP contribution is -2.07. The summed E-state index contributed by atoms with van der Waals surface area (Å²) in [5.41, 5.74) is 3.33. The van der Waals surface area contributed by atoms with E-state index in [4.69, 9.17) is 4.74 Å². The molecule has 1 aromatic heterocycles. The van der Waals surface area contributed by atoms with E-state index in [9.17, 15) is 4.79 Å². The second kappa shape index (κ2) is 6.18. The lowest BCUT2D eigenvalue weighted by Gasteiger charge is -2.08. The van der Waals surface area contributed by atoms with E-state index >= 15 is 0 Å². The van der Waals surface area contributed by atoms with Crippen LogP contribution in [-0.2, 0) is 6.42 Å². The Labute approximate surface area is 127 Å². The molecule has 0 aliphatic rings. The molecule has 0 saturated heterocycles. The summed E-state index contributed by atoms with van der Waals surface area (Å²) in [6.07, 6.45) is 0.355. The smallest absolute Gasteiger partial charge is 0.169 e. The van der Waals surface area contributed by atoms with Gasteiger partial charge in [-0.3, -0.25) is 9.78 Å². The topological polar surface area (TPSA) is 39.2 Å². The van der Waals surface area contributed by atoms with Crippen LogP contribution < -0.4 is 4.74 Å². The Morgan fingerprint density at radius 2 is 2.00 bits per heavy atom. The second-order valence-corrected chi connectivity index (χ2v) is 5.51. The molecule has 0 unspecified atom stereocenters. The number of nitrogens with zero attached hydrogens (tertiary/aromatic N) is 1. The monoisotopic (exact) mass is 333 g/mol. The van der Waals surface area contributed by atoms with Crippen LogP contribution in [0.15, 0.2) is 34.8 Å². The van der Waals surface area contributed by atoms with Crippen molar-refractivity contribution in [3.05, 3.63) is 57.3 Å². The number of pyridine rings is 1. The first-order valence-electron chi connectivity index (χ1n) is 6.31. The van der Waals surface area contributed by atoms with Gasteiger partial charge in [0.25, 0.3) is 0 Å². The highest BCUT2D eigenvalue weighted by Gasteiger charge is 2.12. The average Bonchev–Trinajstić information content (AvgIpc) is 2.38. The van der Waals surface area contributed by atoms with Gasteiger partial charge in [0.2, 0.25) is 0 Å². The SMILES string of the molecule is COc1ccc(CC(=O)c2ccc(C)nc2C)cc1Br. The van der Waals surface area contributed by atoms with E-state index in [1.807, 2.05) is 44.2 Å². The van der Waals surface area contributed by atoms with Gasteiger partial charge in [-0.25, -0.2) is 0 Å². The van der Waals surface area contributed by atoms with Crippen LogP contribution in [0, 0.1) is 13.8 Å². The molecule has 0 amide bonds. The Balaban J connectivity index is 2.21. The average molecular weight is 334 g/mol. The minimum Gasteiger partial charge on any atom is -0.496 e. The van der Waals surface area contributed by atoms with Gasteiger partial charge < -0.3 is 4.74 Å². The van der Waals surface area contributed by atoms with Crippen molar-refractivity contribution >= 4 is 21.7 Å². The van der Waals surface area contributed by atoms with Crippen LogP contribution in [-0.4, -0.2) is 17.9 Å². The van der Waals surface area contributed by atoms with Gasteiger partial charge in [0.15, 0.2) is 5.78 Å². The lowest BCUT2D eigenvalue weighted by molar-refractivity contribution is 0.0992. The maximum absolute atomic E-state index is 12.3. The molecule has 1 heterocycles. The number of benzene rings is 1. The number of hydrogen-bond donors (Lipinski definition) is 0. The van der Waals surface area contributed by atoms with Crippen molar-refractivity contribution in [3.63, 3.8) is 0 Å². The molecule has 4 heteroatoms. The molecule has 0 bridgehead atoms. The third kappa shape index (κ3) is 3.25. The predicted molar refractivity (Wildman–Crippen MR) is 82.4 cm³/mol. The molecule has 0 spiro atoms. The summed E-state index contributed by atoms with van der Waals surface area (Å²) in [6.45, 7) is 3.78. The van der Waals surface area contributed by atoms with Crippen molar-refractivity contribution in [2.45, 2.75) is 20.3 Å². The number of carbonyl (C=O) groups is 1. The van der Waals surface area contributed by atoms with Crippen molar-refractivity contribution in [2.75, 3.05) is 7.11 Å². The number of ether oxygens (including phenoxy) is 1. The molecule has 0 fully saturated rings. The maximum atomic E-state index is 12.3. The van der Waals surface area contributed by atoms with Crippen LogP contribution in [0.3, 0.4) is 0 Å². The Hall–Kier alpha value is -1.68. The van der Waals surface area contributed by atoms with Crippen LogP contribution in [0.2, 0.25) is 0 Å². The Morgan fingerprint density at radius 3 is 2.60 bits per heavy atom. The number of aryl methyl sites for hydroxylation is 2. The molecule has 104 valence electrons. The second-order valence-electron chi connectivity index (χ2n) is 4.65. The molecule has 20 heavy (non-hydrogen) atoms. The molecule has 0 aliphatic carbocycles. The molecule has 2 rings (SSSR count). The number of hydrogen-bond acceptors (Lipinski definition) is 3. The number of halogens is 1. The van der Waals surface area contributed by atoms with Gasteiger partial charge in [-0.05, 0) is 59.6 Å². The molecular formula is C16H16BrNO2. The van der Waals surface area contributed by atoms with Gasteiger partial charge in [-0.1, -0.05) is 6.07 Å². The van der Waals surface area contributed by atoms with Gasteiger partial charge >= 0.3 is 0 Å². The van der Waals surface area contributed by atoms with Crippen molar-refractivity contribution in [3.8, 4) is 5.75 Å². The molecule has 0 aliphatic heterocycles. The van der Waals surface area contributed by atoms with E-state index in [2.05, 4.69) is 20.9 Å². The van der Waals surface area contributed by atoms with Crippen molar-refractivity contribution in [1.82, 2.24) is 4.98 Å². The lowest BCUT2D eigenvalue weighted by atomic mass is 10.0. The zero-order valence-electron chi connectivity index (χ0n) is 11.7. The van der Waals surface area contributed by atoms with Crippen LogP contribution in [0.5, 0.6) is 5.75 Å². The highest BCUT2D eigenvalue weighted by atomic mass is 79.9. The summed E-state index contributed by atoms with van der Waals surface area (Å²) < 4.78 is 6.03. The molecular weight excluding hydrogens is 318 g/mol. The molecule has 0 radical (unpaired) electrons. The van der Waals surface area contributed by atoms with Gasteiger partial charge in [-0.2, -0.15) is 0 Å². The van der Waals surface area contributed by atoms with Crippen LogP contribution in [0.25, 0.3) is 0 Å². The third-order valence-electron chi connectivity index (χ3n) is 3.11. The number of methoxy groups -OCH3 is 1. The molecule has 0 saturated carbocycles. The number of ketones is 1. The first-order chi connectivity index (χ1) is 9.51. The highest BCUT2D eigenvalue weighted by molar-refractivity contribution is 9.10. The Morgan fingerprint density at radius 1 is 1.25 bits per heavy atom. The van der Waals surface area contributed by atoms with E-state index < -0.39 is 0 Å². The molecule has 0 atom stereocenters. The van der Waals surface area contributed by atoms with Crippen LogP contribution in [0.4, 0.5) is 0 Å². The number of rotatable bonds is 4. The van der Waals surface area contributed by atoms with Gasteiger partial charge in [0.1, 0.15) is 5.75 Å². The maximum Gasteiger partial charge on any atom is 0.169 e. The number of Topliss-reactive ketones (excluding diaryl/α,β-unsaturated/α-hetero) is 1. The van der Waals surface area contributed by atoms with Crippen molar-refractivity contribution in [2.24, 2.45) is 0 Å². The van der Waals surface area contributed by atoms with E-state index in [1.165, 1.54) is 0 Å². The summed E-state index contributed by atoms with van der Waals surface area (Å²) in [6, 6.07) is 9.38. The molecule has 3 nitrogen and oxygen atoms in total. The van der Waals surface area contributed by atoms with Crippen molar-refractivity contribution in [1.29, 1.82) is 0 Å². The Bertz CT molecular complexity index is 653. The molecule has 0 N–H and O–H groups in total. The van der Waals surface area contributed by atoms with E-state index in [0.29, 0.717) is 12.0 Å². The third-order valence-corrected chi connectivity index (χ3v) is 3.73. The Kier molecular flexibility index (Phi) is 4.55. The quantitative estimate of drug-likeness (QED) is 0.796. The van der Waals surface area contributed by atoms with Gasteiger partial charge in [-0.15, -0.1) is 0 Å².